The highest BCUT2D eigenvalue weighted by molar-refractivity contribution is 5.50. The van der Waals surface area contributed by atoms with Crippen molar-refractivity contribution in [3.05, 3.63) is 0 Å². The van der Waals surface area contributed by atoms with E-state index in [0.717, 1.165) is 35.5 Å². The maximum atomic E-state index is 9.70. The lowest BCUT2D eigenvalue weighted by molar-refractivity contribution is -0.626. The molecular weight excluding hydrogens is 136 g/mol. The molecule has 0 aromatic heterocycles. The van der Waals surface area contributed by atoms with Gasteiger partial charge < -0.3 is 5.11 Å². The van der Waals surface area contributed by atoms with Crippen molar-refractivity contribution in [2.45, 2.75) is 13.0 Å². The third-order valence-corrected chi connectivity index (χ3v) is 6.28. The Morgan fingerprint density at radius 1 is 1.00 bits per heavy atom. The summed E-state index contributed by atoms with van der Waals surface area (Å²) < 4.78 is 0. The van der Waals surface area contributed by atoms with Gasteiger partial charge in [-0.3, -0.25) is 0 Å². The summed E-state index contributed by atoms with van der Waals surface area (Å²) in [6, 6.07) is 0. The maximum Gasteiger partial charge on any atom is 0.0576 e. The summed E-state index contributed by atoms with van der Waals surface area (Å²) in [5.41, 5.74) is 0.523. The molecular formula is C10H12O. The van der Waals surface area contributed by atoms with Crippen LogP contribution in [0.15, 0.2) is 0 Å². The lowest BCUT2D eigenvalue weighted by Crippen LogP contribution is -3.06. The zero-order chi connectivity index (χ0) is 7.12. The van der Waals surface area contributed by atoms with Gasteiger partial charge in [-0.25, -0.2) is 0 Å². The minimum Gasteiger partial charge on any atom is -0.393 e. The second-order valence-corrected chi connectivity index (χ2v) is 5.56. The van der Waals surface area contributed by atoms with Crippen molar-refractivity contribution in [1.29, 1.82) is 0 Å². The van der Waals surface area contributed by atoms with Gasteiger partial charge in [0.25, 0.3) is 0 Å². The lowest BCUT2D eigenvalue weighted by Gasteiger charge is -3.08. The van der Waals surface area contributed by atoms with Gasteiger partial charge in [0, 0.05) is 5.41 Å². The Morgan fingerprint density at radius 3 is 1.73 bits per heavy atom. The Morgan fingerprint density at radius 2 is 1.45 bits per heavy atom. The van der Waals surface area contributed by atoms with Crippen molar-refractivity contribution in [2.75, 3.05) is 0 Å². The van der Waals surface area contributed by atoms with Crippen LogP contribution >= 0.6 is 0 Å². The van der Waals surface area contributed by atoms with Gasteiger partial charge in [-0.2, -0.15) is 0 Å². The zero-order valence-electron chi connectivity index (χ0n) is 6.57. The Labute approximate surface area is 65.8 Å². The first kappa shape index (κ1) is 4.86. The molecule has 6 aliphatic carbocycles. The van der Waals surface area contributed by atoms with Crippen LogP contribution in [0.4, 0.5) is 0 Å². The number of hydrogen-bond acceptors (Lipinski definition) is 1. The molecule has 58 valence electrons. The molecule has 1 heteroatoms. The van der Waals surface area contributed by atoms with Crippen molar-refractivity contribution >= 4 is 0 Å². The predicted octanol–water partition coefficient (Wildman–Crippen LogP) is 0.735. The van der Waals surface area contributed by atoms with E-state index in [-0.39, 0.29) is 6.10 Å². The van der Waals surface area contributed by atoms with Gasteiger partial charge in [0.15, 0.2) is 0 Å². The SMILES string of the molecule is CC(O)C12C3C4C5C3C1C5C42. The maximum absolute atomic E-state index is 9.70. The number of aliphatic hydroxyl groups is 1. The average molecular weight is 148 g/mol. The van der Waals surface area contributed by atoms with Crippen LogP contribution in [0.3, 0.4) is 0 Å². The normalized spacial score (nSPS) is 91.6. The van der Waals surface area contributed by atoms with Crippen LogP contribution in [-0.4, -0.2) is 11.2 Å². The van der Waals surface area contributed by atoms with Crippen molar-refractivity contribution < 1.29 is 5.11 Å². The molecule has 0 heterocycles. The molecule has 1 unspecified atom stereocenters. The van der Waals surface area contributed by atoms with Gasteiger partial charge in [-0.1, -0.05) is 0 Å². The Kier molecular flexibility index (Phi) is 0.393. The second kappa shape index (κ2) is 0.891. The second-order valence-electron chi connectivity index (χ2n) is 5.56. The molecule has 6 rings (SSSR count). The predicted molar refractivity (Wildman–Crippen MR) is 38.5 cm³/mol. The number of hydrogen-bond donors (Lipinski definition) is 1. The fraction of sp³-hybridized carbons (Fsp3) is 1.00. The molecule has 0 aliphatic heterocycles. The molecule has 6 saturated carbocycles. The standard InChI is InChI=1S/C10H12O/c1-2(11)10-7-4-3-5(7)9(10)6(3)8(4)10/h2-9,11H,1H3. The summed E-state index contributed by atoms with van der Waals surface area (Å²) in [5.74, 6) is 7.64. The van der Waals surface area contributed by atoms with Crippen LogP contribution in [0.2, 0.25) is 0 Å². The molecule has 11 heavy (non-hydrogen) atoms. The minimum absolute atomic E-state index is 0.0208. The fourth-order valence-corrected chi connectivity index (χ4v) is 6.36. The summed E-state index contributed by atoms with van der Waals surface area (Å²) in [5, 5.41) is 9.70. The third-order valence-electron chi connectivity index (χ3n) is 6.28. The van der Waals surface area contributed by atoms with Crippen LogP contribution in [0.25, 0.3) is 0 Å². The van der Waals surface area contributed by atoms with E-state index in [1.54, 1.807) is 0 Å². The summed E-state index contributed by atoms with van der Waals surface area (Å²) in [7, 11) is 0. The molecule has 6 fully saturated rings. The van der Waals surface area contributed by atoms with Gasteiger partial charge >= 0.3 is 0 Å². The van der Waals surface area contributed by atoms with Crippen molar-refractivity contribution in [1.82, 2.24) is 0 Å². The van der Waals surface area contributed by atoms with Gasteiger partial charge in [-0.05, 0) is 48.3 Å². The first-order valence-electron chi connectivity index (χ1n) is 4.99. The highest BCUT2D eigenvalue weighted by Gasteiger charge is 3.04. The summed E-state index contributed by atoms with van der Waals surface area (Å²) >= 11 is 0. The highest BCUT2D eigenvalue weighted by Crippen LogP contribution is 3.06. The van der Waals surface area contributed by atoms with E-state index < -0.39 is 0 Å². The molecule has 0 spiro atoms. The first-order chi connectivity index (χ1) is 5.31. The van der Waals surface area contributed by atoms with Crippen molar-refractivity contribution in [3.8, 4) is 0 Å². The van der Waals surface area contributed by atoms with Crippen molar-refractivity contribution in [2.24, 2.45) is 46.8 Å². The van der Waals surface area contributed by atoms with E-state index in [4.69, 9.17) is 0 Å². The average Bonchev–Trinajstić information content (AvgIpc) is 2.05. The molecule has 1 N–H and O–H groups in total. The van der Waals surface area contributed by atoms with Gasteiger partial charge in [-0.15, -0.1) is 0 Å². The summed E-state index contributed by atoms with van der Waals surface area (Å²) in [4.78, 5) is 0. The topological polar surface area (TPSA) is 20.2 Å². The van der Waals surface area contributed by atoms with Crippen LogP contribution in [0.1, 0.15) is 6.92 Å². The minimum atomic E-state index is 0.0208. The van der Waals surface area contributed by atoms with Crippen LogP contribution in [-0.2, 0) is 0 Å². The molecule has 0 amide bonds. The van der Waals surface area contributed by atoms with E-state index in [9.17, 15) is 5.11 Å². The van der Waals surface area contributed by atoms with Crippen molar-refractivity contribution in [3.63, 3.8) is 0 Å². The quantitative estimate of drug-likeness (QED) is 0.581. The van der Waals surface area contributed by atoms with Crippen LogP contribution in [0.5, 0.6) is 0 Å². The molecule has 1 atom stereocenters. The zero-order valence-corrected chi connectivity index (χ0v) is 6.57. The number of rotatable bonds is 1. The van der Waals surface area contributed by atoms with Crippen LogP contribution in [0, 0.1) is 46.8 Å². The fourth-order valence-electron chi connectivity index (χ4n) is 6.36. The molecule has 6 aliphatic rings. The van der Waals surface area contributed by atoms with Crippen LogP contribution < -0.4 is 0 Å². The lowest BCUT2D eigenvalue weighted by atomic mass is 8.96. The molecule has 1 nitrogen and oxygen atoms in total. The smallest absolute Gasteiger partial charge is 0.0576 e. The molecule has 0 saturated heterocycles. The third kappa shape index (κ3) is 0.176. The summed E-state index contributed by atoms with van der Waals surface area (Å²) in [6.07, 6.45) is 0.0208. The monoisotopic (exact) mass is 148 g/mol. The Bertz CT molecular complexity index is 242. The summed E-state index contributed by atoms with van der Waals surface area (Å²) in [6.45, 7) is 2.03. The number of aliphatic hydroxyl groups excluding tert-OH is 1. The molecule has 0 aromatic carbocycles. The Balaban J connectivity index is 1.73. The molecule has 0 bridgehead atoms. The first-order valence-corrected chi connectivity index (χ1v) is 4.99. The highest BCUT2D eigenvalue weighted by atomic mass is 16.3. The largest absolute Gasteiger partial charge is 0.393 e. The van der Waals surface area contributed by atoms with E-state index in [1.165, 1.54) is 5.92 Å². The molecule has 0 aromatic rings. The Hall–Kier alpha value is -0.0400. The molecule has 0 radical (unpaired) electrons. The van der Waals surface area contributed by atoms with E-state index in [1.807, 2.05) is 6.92 Å². The van der Waals surface area contributed by atoms with E-state index in [0.29, 0.717) is 5.41 Å². The van der Waals surface area contributed by atoms with E-state index in [2.05, 4.69) is 0 Å². The van der Waals surface area contributed by atoms with E-state index >= 15 is 0 Å². The van der Waals surface area contributed by atoms with Gasteiger partial charge in [0.05, 0.1) is 6.10 Å². The van der Waals surface area contributed by atoms with Gasteiger partial charge in [0.2, 0.25) is 0 Å². The van der Waals surface area contributed by atoms with Gasteiger partial charge in [0.1, 0.15) is 0 Å².